The first-order chi connectivity index (χ1) is 12.7. The third kappa shape index (κ3) is 2.13. The summed E-state index contributed by atoms with van der Waals surface area (Å²) in [7, 11) is 0. The number of aliphatic hydroxyl groups excluding tert-OH is 3. The second-order valence-electron chi connectivity index (χ2n) is 11.2. The van der Waals surface area contributed by atoms with Crippen molar-refractivity contribution >= 4 is 0 Å². The number of aliphatic hydroxyl groups is 4. The highest BCUT2D eigenvalue weighted by atomic mass is 16.4. The van der Waals surface area contributed by atoms with Crippen molar-refractivity contribution in [3.8, 4) is 0 Å². The molecule has 4 bridgehead atoms. The van der Waals surface area contributed by atoms with Gasteiger partial charge in [0.05, 0.1) is 18.8 Å². The summed E-state index contributed by atoms with van der Waals surface area (Å²) in [6, 6.07) is 0. The molecule has 6 fully saturated rings. The molecule has 1 saturated heterocycles. The highest BCUT2D eigenvalue weighted by molar-refractivity contribution is 5.23. The lowest BCUT2D eigenvalue weighted by atomic mass is 9.33. The Bertz CT molecular complexity index is 629. The average Bonchev–Trinajstić information content (AvgIpc) is 2.63. The molecule has 6 rings (SSSR count). The van der Waals surface area contributed by atoms with Gasteiger partial charge >= 0.3 is 0 Å². The largest absolute Gasteiger partial charge is 0.393 e. The van der Waals surface area contributed by atoms with Crippen molar-refractivity contribution in [1.29, 1.82) is 0 Å². The highest BCUT2D eigenvalue weighted by Crippen LogP contribution is 2.73. The third-order valence-electron chi connectivity index (χ3n) is 10.1. The molecule has 27 heavy (non-hydrogen) atoms. The van der Waals surface area contributed by atoms with Crippen molar-refractivity contribution in [2.75, 3.05) is 26.2 Å². The summed E-state index contributed by atoms with van der Waals surface area (Å²) in [5.41, 5.74) is -1.46. The Morgan fingerprint density at radius 1 is 1.00 bits per heavy atom. The van der Waals surface area contributed by atoms with E-state index in [9.17, 15) is 20.4 Å². The molecule has 5 saturated carbocycles. The van der Waals surface area contributed by atoms with Crippen LogP contribution in [-0.4, -0.2) is 69.4 Å². The Balaban J connectivity index is 1.62. The van der Waals surface area contributed by atoms with E-state index < -0.39 is 11.7 Å². The Kier molecular flexibility index (Phi) is 3.96. The molecule has 154 valence electrons. The second kappa shape index (κ2) is 5.69. The Labute approximate surface area is 162 Å². The molecule has 4 N–H and O–H groups in total. The van der Waals surface area contributed by atoms with Crippen molar-refractivity contribution in [3.05, 3.63) is 0 Å². The van der Waals surface area contributed by atoms with Crippen molar-refractivity contribution in [1.82, 2.24) is 4.90 Å². The number of hydrogen-bond acceptors (Lipinski definition) is 5. The van der Waals surface area contributed by atoms with Crippen molar-refractivity contribution in [3.63, 3.8) is 0 Å². The van der Waals surface area contributed by atoms with Gasteiger partial charge in [-0.1, -0.05) is 13.8 Å². The maximum Gasteiger partial charge on any atom is 0.117 e. The normalized spacial score (nSPS) is 60.0. The topological polar surface area (TPSA) is 84.2 Å². The van der Waals surface area contributed by atoms with Crippen LogP contribution in [0.3, 0.4) is 0 Å². The fraction of sp³-hybridized carbons (Fsp3) is 1.00. The summed E-state index contributed by atoms with van der Waals surface area (Å²) in [5, 5.41) is 43.3. The molecule has 1 spiro atoms. The summed E-state index contributed by atoms with van der Waals surface area (Å²) >= 11 is 0. The predicted molar refractivity (Wildman–Crippen MR) is 102 cm³/mol. The molecule has 0 aromatic carbocycles. The molecule has 0 amide bonds. The molecule has 6 aliphatic rings. The minimum Gasteiger partial charge on any atom is -0.393 e. The lowest BCUT2D eigenvalue weighted by molar-refractivity contribution is -0.317. The molecule has 0 aromatic rings. The minimum absolute atomic E-state index is 0.0279. The fourth-order valence-corrected chi connectivity index (χ4v) is 9.34. The van der Waals surface area contributed by atoms with E-state index in [2.05, 4.69) is 18.7 Å². The number of rotatable bonds is 2. The van der Waals surface area contributed by atoms with E-state index in [-0.39, 0.29) is 34.9 Å². The standard InChI is InChI=1S/C22H37NO4/c1-3-23-11-19(2)9-15(25)10-21(12-23)16(19)5-7-20-6-4-14(8-17(20)21)22(27,13-24)18(20)26/h14-18,24-27H,3-13H2,1-2H3/t14-,15+,16?,17?,18-,19-,20-,21-,22-/m0/s1. The zero-order chi connectivity index (χ0) is 19.2. The van der Waals surface area contributed by atoms with Crippen LogP contribution in [0.2, 0.25) is 0 Å². The van der Waals surface area contributed by atoms with E-state index in [0.717, 1.165) is 64.6 Å². The van der Waals surface area contributed by atoms with Gasteiger partial charge in [-0.05, 0) is 80.1 Å². The summed E-state index contributed by atoms with van der Waals surface area (Å²) in [6.07, 6.45) is 5.43. The maximum atomic E-state index is 11.4. The average molecular weight is 380 g/mol. The van der Waals surface area contributed by atoms with E-state index in [1.807, 2.05) is 0 Å². The molecule has 1 heterocycles. The van der Waals surface area contributed by atoms with Gasteiger partial charge in [-0.2, -0.15) is 0 Å². The van der Waals surface area contributed by atoms with Crippen LogP contribution in [0.5, 0.6) is 0 Å². The summed E-state index contributed by atoms with van der Waals surface area (Å²) in [6.45, 7) is 7.40. The molecule has 9 atom stereocenters. The van der Waals surface area contributed by atoms with Gasteiger partial charge in [-0.3, -0.25) is 0 Å². The van der Waals surface area contributed by atoms with E-state index in [4.69, 9.17) is 0 Å². The predicted octanol–water partition coefficient (Wildman–Crippen LogP) is 1.38. The Morgan fingerprint density at radius 2 is 1.74 bits per heavy atom. The molecule has 0 aromatic heterocycles. The van der Waals surface area contributed by atoms with E-state index in [1.54, 1.807) is 0 Å². The zero-order valence-electron chi connectivity index (χ0n) is 16.9. The second-order valence-corrected chi connectivity index (χ2v) is 11.2. The first-order valence-corrected chi connectivity index (χ1v) is 11.2. The van der Waals surface area contributed by atoms with Crippen LogP contribution in [0.4, 0.5) is 0 Å². The van der Waals surface area contributed by atoms with Gasteiger partial charge in [-0.15, -0.1) is 0 Å². The summed E-state index contributed by atoms with van der Waals surface area (Å²) in [5.74, 6) is 0.911. The molecule has 2 unspecified atom stereocenters. The lowest BCUT2D eigenvalue weighted by Gasteiger charge is -2.74. The van der Waals surface area contributed by atoms with E-state index in [1.165, 1.54) is 0 Å². The highest BCUT2D eigenvalue weighted by Gasteiger charge is 2.73. The molecule has 1 aliphatic heterocycles. The number of fused-ring (bicyclic) bond motifs is 2. The van der Waals surface area contributed by atoms with Crippen LogP contribution >= 0.6 is 0 Å². The van der Waals surface area contributed by atoms with Crippen LogP contribution in [0.15, 0.2) is 0 Å². The first kappa shape index (κ1) is 18.8. The maximum absolute atomic E-state index is 11.4. The molecule has 5 nitrogen and oxygen atoms in total. The van der Waals surface area contributed by atoms with Crippen molar-refractivity contribution < 1.29 is 20.4 Å². The quantitative estimate of drug-likeness (QED) is 0.583. The van der Waals surface area contributed by atoms with Gasteiger partial charge in [0.2, 0.25) is 0 Å². The smallest absolute Gasteiger partial charge is 0.117 e. The molecular formula is C22H37NO4. The zero-order valence-corrected chi connectivity index (χ0v) is 16.9. The minimum atomic E-state index is -1.34. The van der Waals surface area contributed by atoms with Crippen LogP contribution in [0.1, 0.15) is 58.8 Å². The van der Waals surface area contributed by atoms with Crippen molar-refractivity contribution in [2.24, 2.45) is 34.0 Å². The van der Waals surface area contributed by atoms with Crippen LogP contribution < -0.4 is 0 Å². The SMILES string of the molecule is CCN1C[C@]2(C)C[C@@H](O)C[C@]3(C1)C2CC[C@@]12CC[C@@H](CC31)[C@@](O)(CO)[C@H]2O. The Hall–Kier alpha value is -0.200. The number of piperidine rings is 1. The van der Waals surface area contributed by atoms with Crippen molar-refractivity contribution in [2.45, 2.75) is 76.6 Å². The number of nitrogens with zero attached hydrogens (tertiary/aromatic N) is 1. The molecule has 5 aliphatic carbocycles. The Morgan fingerprint density at radius 3 is 2.44 bits per heavy atom. The summed E-state index contributed by atoms with van der Waals surface area (Å²) in [4.78, 5) is 2.58. The number of likely N-dealkylation sites (tertiary alicyclic amines) is 1. The number of hydrogen-bond donors (Lipinski definition) is 4. The molecular weight excluding hydrogens is 342 g/mol. The van der Waals surface area contributed by atoms with Gasteiger partial charge in [0, 0.05) is 18.5 Å². The summed E-state index contributed by atoms with van der Waals surface area (Å²) < 4.78 is 0. The monoisotopic (exact) mass is 379 g/mol. The lowest BCUT2D eigenvalue weighted by Crippen LogP contribution is -2.76. The van der Waals surface area contributed by atoms with Gasteiger partial charge in [0.25, 0.3) is 0 Å². The molecule has 5 heteroatoms. The first-order valence-electron chi connectivity index (χ1n) is 11.2. The fourth-order valence-electron chi connectivity index (χ4n) is 9.34. The van der Waals surface area contributed by atoms with E-state index in [0.29, 0.717) is 11.8 Å². The van der Waals surface area contributed by atoms with Crippen LogP contribution in [-0.2, 0) is 0 Å². The van der Waals surface area contributed by atoms with Gasteiger partial charge in [0.1, 0.15) is 5.60 Å². The molecule has 0 radical (unpaired) electrons. The van der Waals surface area contributed by atoms with Gasteiger partial charge < -0.3 is 25.3 Å². The van der Waals surface area contributed by atoms with Gasteiger partial charge in [0.15, 0.2) is 0 Å². The van der Waals surface area contributed by atoms with Crippen LogP contribution in [0.25, 0.3) is 0 Å². The van der Waals surface area contributed by atoms with E-state index >= 15 is 0 Å². The van der Waals surface area contributed by atoms with Crippen LogP contribution in [0, 0.1) is 34.0 Å². The third-order valence-corrected chi connectivity index (χ3v) is 10.1. The van der Waals surface area contributed by atoms with Gasteiger partial charge in [-0.25, -0.2) is 0 Å².